The molecule has 0 saturated heterocycles. The van der Waals surface area contributed by atoms with Crippen molar-refractivity contribution in [1.82, 2.24) is 0 Å². The van der Waals surface area contributed by atoms with Gasteiger partial charge in [0.2, 0.25) is 0 Å². The molecule has 0 aliphatic heterocycles. The van der Waals surface area contributed by atoms with Gasteiger partial charge in [-0.3, -0.25) is 0 Å². The third-order valence-electron chi connectivity index (χ3n) is 3.56. The van der Waals surface area contributed by atoms with Gasteiger partial charge in [0.15, 0.2) is 0 Å². The Kier molecular flexibility index (Phi) is 3.57. The molecule has 0 spiro atoms. The predicted octanol–water partition coefficient (Wildman–Crippen LogP) is 4.03. The number of nitrogens with two attached hydrogens (primary N) is 1. The first-order chi connectivity index (χ1) is 9.79. The van der Waals surface area contributed by atoms with Crippen molar-refractivity contribution in [1.29, 1.82) is 0 Å². The maximum atomic E-state index is 6.05. The van der Waals surface area contributed by atoms with Gasteiger partial charge in [0.25, 0.3) is 0 Å². The minimum atomic E-state index is 0.654. The second kappa shape index (κ2) is 5.51. The highest BCUT2D eigenvalue weighted by atomic mass is 16.5. The summed E-state index contributed by atoms with van der Waals surface area (Å²) in [7, 11) is 0. The minimum Gasteiger partial charge on any atom is -0.492 e. The maximum absolute atomic E-state index is 6.05. The van der Waals surface area contributed by atoms with Crippen molar-refractivity contribution in [2.75, 3.05) is 13.2 Å². The third kappa shape index (κ3) is 2.35. The fourth-order valence-corrected chi connectivity index (χ4v) is 2.55. The van der Waals surface area contributed by atoms with Crippen molar-refractivity contribution in [3.63, 3.8) is 0 Å². The Morgan fingerprint density at radius 2 is 1.75 bits per heavy atom. The van der Waals surface area contributed by atoms with Gasteiger partial charge in [0.1, 0.15) is 5.75 Å². The SMILES string of the molecule is Cc1ccc2cc3ccccc3c(OCCCN)c2c1. The molecule has 0 unspecified atom stereocenters. The monoisotopic (exact) mass is 265 g/mol. The van der Waals surface area contributed by atoms with Gasteiger partial charge in [-0.05, 0) is 42.8 Å². The molecule has 102 valence electrons. The van der Waals surface area contributed by atoms with E-state index in [-0.39, 0.29) is 0 Å². The van der Waals surface area contributed by atoms with Crippen molar-refractivity contribution in [3.8, 4) is 5.75 Å². The van der Waals surface area contributed by atoms with Crippen LogP contribution in [0.5, 0.6) is 5.75 Å². The van der Waals surface area contributed by atoms with E-state index in [4.69, 9.17) is 10.5 Å². The molecular weight excluding hydrogens is 246 g/mol. The number of benzene rings is 3. The van der Waals surface area contributed by atoms with Crippen molar-refractivity contribution in [2.45, 2.75) is 13.3 Å². The lowest BCUT2D eigenvalue weighted by molar-refractivity contribution is 0.320. The van der Waals surface area contributed by atoms with Crippen LogP contribution in [0.25, 0.3) is 21.5 Å². The summed E-state index contributed by atoms with van der Waals surface area (Å²) >= 11 is 0. The topological polar surface area (TPSA) is 35.2 Å². The first-order valence-electron chi connectivity index (χ1n) is 7.04. The molecule has 3 rings (SSSR count). The van der Waals surface area contributed by atoms with Crippen LogP contribution in [0.15, 0.2) is 48.5 Å². The van der Waals surface area contributed by atoms with Gasteiger partial charge in [-0.15, -0.1) is 0 Å². The van der Waals surface area contributed by atoms with E-state index in [0.717, 1.165) is 12.2 Å². The summed E-state index contributed by atoms with van der Waals surface area (Å²) in [5.74, 6) is 0.982. The zero-order valence-electron chi connectivity index (χ0n) is 11.7. The van der Waals surface area contributed by atoms with Gasteiger partial charge in [-0.2, -0.15) is 0 Å². The van der Waals surface area contributed by atoms with Crippen molar-refractivity contribution >= 4 is 21.5 Å². The van der Waals surface area contributed by atoms with Crippen LogP contribution in [0.4, 0.5) is 0 Å². The summed E-state index contributed by atoms with van der Waals surface area (Å²) in [4.78, 5) is 0. The van der Waals surface area contributed by atoms with E-state index < -0.39 is 0 Å². The molecule has 2 N–H and O–H groups in total. The van der Waals surface area contributed by atoms with Gasteiger partial charge in [0.05, 0.1) is 6.61 Å². The van der Waals surface area contributed by atoms with E-state index in [1.54, 1.807) is 0 Å². The van der Waals surface area contributed by atoms with E-state index >= 15 is 0 Å². The fourth-order valence-electron chi connectivity index (χ4n) is 2.55. The van der Waals surface area contributed by atoms with Crippen LogP contribution in [0.1, 0.15) is 12.0 Å². The molecule has 0 aliphatic carbocycles. The quantitative estimate of drug-likeness (QED) is 0.571. The van der Waals surface area contributed by atoms with Crippen LogP contribution in [-0.4, -0.2) is 13.2 Å². The first kappa shape index (κ1) is 12.9. The summed E-state index contributed by atoms with van der Waals surface area (Å²) in [6, 6.07) is 17.1. The lowest BCUT2D eigenvalue weighted by Gasteiger charge is -2.13. The van der Waals surface area contributed by atoms with E-state index in [0.29, 0.717) is 13.2 Å². The zero-order valence-corrected chi connectivity index (χ0v) is 11.7. The Bertz CT molecular complexity index is 749. The molecule has 3 aromatic carbocycles. The van der Waals surface area contributed by atoms with Crippen molar-refractivity contribution in [2.24, 2.45) is 5.73 Å². The fraction of sp³-hybridized carbons (Fsp3) is 0.222. The molecule has 0 radical (unpaired) electrons. The van der Waals surface area contributed by atoms with Crippen molar-refractivity contribution < 1.29 is 4.74 Å². The Balaban J connectivity index is 2.24. The predicted molar refractivity (Wildman–Crippen MR) is 85.4 cm³/mol. The molecule has 20 heavy (non-hydrogen) atoms. The molecule has 0 fully saturated rings. The maximum Gasteiger partial charge on any atom is 0.134 e. The number of hydrogen-bond donors (Lipinski definition) is 1. The standard InChI is InChI=1S/C18H19NO/c1-13-7-8-15-12-14-5-2-3-6-16(14)18(17(15)11-13)20-10-4-9-19/h2-3,5-8,11-12H,4,9-10,19H2,1H3. The molecule has 2 heteroatoms. The summed E-state index contributed by atoms with van der Waals surface area (Å²) in [5.41, 5.74) is 6.81. The van der Waals surface area contributed by atoms with Crippen molar-refractivity contribution in [3.05, 3.63) is 54.1 Å². The largest absolute Gasteiger partial charge is 0.492 e. The van der Waals surface area contributed by atoms with Crippen LogP contribution in [0.3, 0.4) is 0 Å². The van der Waals surface area contributed by atoms with Crippen LogP contribution in [-0.2, 0) is 0 Å². The van der Waals surface area contributed by atoms with E-state index in [2.05, 4.69) is 55.5 Å². The molecule has 0 heterocycles. The van der Waals surface area contributed by atoms with Gasteiger partial charge in [-0.25, -0.2) is 0 Å². The average molecular weight is 265 g/mol. The Morgan fingerprint density at radius 3 is 2.60 bits per heavy atom. The average Bonchev–Trinajstić information content (AvgIpc) is 2.47. The van der Waals surface area contributed by atoms with E-state index in [1.807, 2.05) is 0 Å². The molecule has 0 aromatic heterocycles. The Morgan fingerprint density at radius 1 is 0.950 bits per heavy atom. The van der Waals surface area contributed by atoms with Gasteiger partial charge >= 0.3 is 0 Å². The summed E-state index contributed by atoms with van der Waals surface area (Å²) in [6.45, 7) is 3.42. The van der Waals surface area contributed by atoms with E-state index in [9.17, 15) is 0 Å². The molecule has 0 atom stereocenters. The van der Waals surface area contributed by atoms with E-state index in [1.165, 1.54) is 27.1 Å². The van der Waals surface area contributed by atoms with Gasteiger partial charge in [-0.1, -0.05) is 42.0 Å². The lowest BCUT2D eigenvalue weighted by Crippen LogP contribution is -2.06. The van der Waals surface area contributed by atoms with Crippen LogP contribution < -0.4 is 10.5 Å². The molecular formula is C18H19NO. The zero-order chi connectivity index (χ0) is 13.9. The van der Waals surface area contributed by atoms with Crippen LogP contribution in [0.2, 0.25) is 0 Å². The molecule has 0 saturated carbocycles. The number of rotatable bonds is 4. The summed E-state index contributed by atoms with van der Waals surface area (Å²) in [5, 5.41) is 4.78. The molecule has 3 aromatic rings. The second-order valence-electron chi connectivity index (χ2n) is 5.14. The van der Waals surface area contributed by atoms with Gasteiger partial charge < -0.3 is 10.5 Å². The molecule has 0 bridgehead atoms. The smallest absolute Gasteiger partial charge is 0.134 e. The molecule has 0 amide bonds. The third-order valence-corrected chi connectivity index (χ3v) is 3.56. The summed E-state index contributed by atoms with van der Waals surface area (Å²) < 4.78 is 6.05. The highest BCUT2D eigenvalue weighted by molar-refractivity contribution is 6.05. The summed E-state index contributed by atoms with van der Waals surface area (Å²) in [6.07, 6.45) is 0.872. The highest BCUT2D eigenvalue weighted by Crippen LogP contribution is 2.35. The second-order valence-corrected chi connectivity index (χ2v) is 5.14. The van der Waals surface area contributed by atoms with Crippen LogP contribution >= 0.6 is 0 Å². The number of fused-ring (bicyclic) bond motifs is 2. The number of ether oxygens (including phenoxy) is 1. The lowest BCUT2D eigenvalue weighted by atomic mass is 10.0. The molecule has 2 nitrogen and oxygen atoms in total. The Labute approximate surface area is 119 Å². The van der Waals surface area contributed by atoms with Gasteiger partial charge in [0, 0.05) is 10.8 Å². The first-order valence-corrected chi connectivity index (χ1v) is 7.04. The number of hydrogen-bond acceptors (Lipinski definition) is 2. The number of aryl methyl sites for hydroxylation is 1. The Hall–Kier alpha value is -2.06. The normalized spacial score (nSPS) is 11.1. The van der Waals surface area contributed by atoms with Crippen LogP contribution in [0, 0.1) is 6.92 Å². The molecule has 0 aliphatic rings. The minimum absolute atomic E-state index is 0.654. The highest BCUT2D eigenvalue weighted by Gasteiger charge is 2.08.